The Hall–Kier alpha value is -0.970. The Kier molecular flexibility index (Phi) is 5.31. The van der Waals surface area contributed by atoms with Crippen molar-refractivity contribution in [2.75, 3.05) is 26.8 Å². The summed E-state index contributed by atoms with van der Waals surface area (Å²) in [5.41, 5.74) is 6.63. The van der Waals surface area contributed by atoms with Crippen LogP contribution in [0.1, 0.15) is 18.4 Å². The number of hydrogen-bond donors (Lipinski definition) is 1. The van der Waals surface area contributed by atoms with Gasteiger partial charge in [0.1, 0.15) is 5.82 Å². The quantitative estimate of drug-likeness (QED) is 0.886. The first-order chi connectivity index (χ1) is 9.22. The van der Waals surface area contributed by atoms with Gasteiger partial charge in [-0.15, -0.1) is 0 Å². The van der Waals surface area contributed by atoms with Crippen molar-refractivity contribution in [3.8, 4) is 0 Å². The summed E-state index contributed by atoms with van der Waals surface area (Å²) in [5, 5.41) is 0. The third-order valence-corrected chi connectivity index (χ3v) is 3.92. The molecule has 1 aliphatic heterocycles. The summed E-state index contributed by atoms with van der Waals surface area (Å²) in [6.07, 6.45) is 2.23. The number of rotatable bonds is 5. The van der Waals surface area contributed by atoms with Gasteiger partial charge < -0.3 is 10.5 Å². The molecule has 4 heteroatoms. The van der Waals surface area contributed by atoms with Crippen molar-refractivity contribution in [2.24, 2.45) is 11.7 Å². The molecule has 2 rings (SSSR count). The molecule has 106 valence electrons. The molecule has 0 saturated carbocycles. The summed E-state index contributed by atoms with van der Waals surface area (Å²) in [7, 11) is 2.01. The maximum Gasteiger partial charge on any atom is 0.127 e. The largest absolute Gasteiger partial charge is 0.381 e. The number of hydrogen-bond acceptors (Lipinski definition) is 3. The van der Waals surface area contributed by atoms with Crippen molar-refractivity contribution in [3.63, 3.8) is 0 Å². The number of ether oxygens (including phenoxy) is 1. The van der Waals surface area contributed by atoms with E-state index in [1.54, 1.807) is 6.07 Å². The molecule has 1 saturated heterocycles. The van der Waals surface area contributed by atoms with Gasteiger partial charge in [-0.05, 0) is 31.9 Å². The van der Waals surface area contributed by atoms with Crippen LogP contribution in [0.3, 0.4) is 0 Å². The highest BCUT2D eigenvalue weighted by molar-refractivity contribution is 5.17. The molecule has 0 aromatic heterocycles. The molecule has 0 radical (unpaired) electrons. The number of nitrogens with two attached hydrogens (primary N) is 1. The summed E-state index contributed by atoms with van der Waals surface area (Å²) >= 11 is 0. The first-order valence-corrected chi connectivity index (χ1v) is 6.94. The number of benzene rings is 1. The molecule has 2 atom stereocenters. The average molecular weight is 266 g/mol. The molecule has 1 aliphatic rings. The highest BCUT2D eigenvalue weighted by atomic mass is 19.1. The Morgan fingerprint density at radius 2 is 2.26 bits per heavy atom. The van der Waals surface area contributed by atoms with Gasteiger partial charge in [-0.2, -0.15) is 0 Å². The van der Waals surface area contributed by atoms with Gasteiger partial charge in [-0.1, -0.05) is 18.2 Å². The lowest BCUT2D eigenvalue weighted by Crippen LogP contribution is -2.45. The third-order valence-electron chi connectivity index (χ3n) is 3.92. The summed E-state index contributed by atoms with van der Waals surface area (Å²) in [4.78, 5) is 2.15. The fourth-order valence-electron chi connectivity index (χ4n) is 2.81. The van der Waals surface area contributed by atoms with Crippen LogP contribution in [0.4, 0.5) is 4.39 Å². The van der Waals surface area contributed by atoms with E-state index in [0.717, 1.165) is 31.6 Å². The molecule has 0 spiro atoms. The highest BCUT2D eigenvalue weighted by Crippen LogP contribution is 2.22. The molecule has 19 heavy (non-hydrogen) atoms. The summed E-state index contributed by atoms with van der Waals surface area (Å²) < 4.78 is 19.2. The molecule has 2 N–H and O–H groups in total. The van der Waals surface area contributed by atoms with E-state index in [9.17, 15) is 4.39 Å². The Morgan fingerprint density at radius 3 is 2.89 bits per heavy atom. The zero-order chi connectivity index (χ0) is 13.7. The van der Waals surface area contributed by atoms with Gasteiger partial charge in [0.15, 0.2) is 0 Å². The van der Waals surface area contributed by atoms with Crippen molar-refractivity contribution in [2.45, 2.75) is 25.4 Å². The number of nitrogens with zero attached hydrogens (tertiary/aromatic N) is 1. The van der Waals surface area contributed by atoms with Crippen molar-refractivity contribution in [1.29, 1.82) is 0 Å². The van der Waals surface area contributed by atoms with Crippen LogP contribution in [0.5, 0.6) is 0 Å². The predicted molar refractivity (Wildman–Crippen MR) is 74.3 cm³/mol. The predicted octanol–water partition coefficient (Wildman–Crippen LogP) is 2.01. The van der Waals surface area contributed by atoms with E-state index >= 15 is 0 Å². The van der Waals surface area contributed by atoms with Gasteiger partial charge in [-0.25, -0.2) is 4.39 Å². The Balaban J connectivity index is 2.00. The molecule has 2 unspecified atom stereocenters. The normalized spacial score (nSPS) is 21.6. The molecule has 1 fully saturated rings. The van der Waals surface area contributed by atoms with E-state index in [2.05, 4.69) is 4.90 Å². The first kappa shape index (κ1) is 14.4. The maximum atomic E-state index is 13.7. The van der Waals surface area contributed by atoms with Crippen LogP contribution in [0.15, 0.2) is 24.3 Å². The number of halogens is 1. The molecule has 3 nitrogen and oxygen atoms in total. The fourth-order valence-corrected chi connectivity index (χ4v) is 2.81. The third kappa shape index (κ3) is 3.75. The zero-order valence-electron chi connectivity index (χ0n) is 11.5. The molecule has 1 heterocycles. The lowest BCUT2D eigenvalue weighted by atomic mass is 9.92. The molecule has 0 bridgehead atoms. The second kappa shape index (κ2) is 6.98. The van der Waals surface area contributed by atoms with Gasteiger partial charge in [-0.3, -0.25) is 4.90 Å². The summed E-state index contributed by atoms with van der Waals surface area (Å²) in [6.45, 7) is 2.79. The van der Waals surface area contributed by atoms with E-state index in [1.165, 1.54) is 6.07 Å². The Labute approximate surface area is 114 Å². The second-order valence-electron chi connectivity index (χ2n) is 5.29. The first-order valence-electron chi connectivity index (χ1n) is 6.94. The minimum absolute atomic E-state index is 0.148. The van der Waals surface area contributed by atoms with Crippen LogP contribution >= 0.6 is 0 Å². The average Bonchev–Trinajstić information content (AvgIpc) is 2.43. The van der Waals surface area contributed by atoms with E-state index in [-0.39, 0.29) is 11.9 Å². The van der Waals surface area contributed by atoms with Crippen LogP contribution in [-0.2, 0) is 11.3 Å². The van der Waals surface area contributed by atoms with Gasteiger partial charge >= 0.3 is 0 Å². The van der Waals surface area contributed by atoms with Gasteiger partial charge in [0, 0.05) is 31.3 Å². The Bertz CT molecular complexity index is 393. The lowest BCUT2D eigenvalue weighted by Gasteiger charge is -2.36. The van der Waals surface area contributed by atoms with Crippen LogP contribution in [0, 0.1) is 11.7 Å². The Morgan fingerprint density at radius 1 is 1.47 bits per heavy atom. The van der Waals surface area contributed by atoms with Crippen molar-refractivity contribution < 1.29 is 9.13 Å². The minimum Gasteiger partial charge on any atom is -0.381 e. The maximum absolute atomic E-state index is 13.7. The molecular weight excluding hydrogens is 243 g/mol. The standard InChI is InChI=1S/C15H23FN2O/c1-18(10-12-5-2-3-7-14(12)16)15(9-17)13-6-4-8-19-11-13/h2-3,5,7,13,15H,4,6,8-11,17H2,1H3. The van der Waals surface area contributed by atoms with E-state index in [1.807, 2.05) is 19.2 Å². The monoisotopic (exact) mass is 266 g/mol. The number of likely N-dealkylation sites (N-methyl/N-ethyl adjacent to an activating group) is 1. The van der Waals surface area contributed by atoms with Crippen LogP contribution in [-0.4, -0.2) is 37.7 Å². The fraction of sp³-hybridized carbons (Fsp3) is 0.600. The van der Waals surface area contributed by atoms with Gasteiger partial charge in [0.25, 0.3) is 0 Å². The minimum atomic E-state index is -0.148. The smallest absolute Gasteiger partial charge is 0.127 e. The molecule has 0 aliphatic carbocycles. The SMILES string of the molecule is CN(Cc1ccccc1F)C(CN)C1CCCOC1. The van der Waals surface area contributed by atoms with E-state index in [0.29, 0.717) is 19.0 Å². The van der Waals surface area contributed by atoms with Crippen LogP contribution in [0.2, 0.25) is 0 Å². The van der Waals surface area contributed by atoms with Gasteiger partial charge in [0.2, 0.25) is 0 Å². The van der Waals surface area contributed by atoms with Crippen molar-refractivity contribution >= 4 is 0 Å². The van der Waals surface area contributed by atoms with Crippen LogP contribution < -0.4 is 5.73 Å². The molecule has 0 amide bonds. The molecular formula is C15H23FN2O. The highest BCUT2D eigenvalue weighted by Gasteiger charge is 2.26. The van der Waals surface area contributed by atoms with E-state index in [4.69, 9.17) is 10.5 Å². The summed E-state index contributed by atoms with van der Waals surface area (Å²) in [5.74, 6) is 0.306. The van der Waals surface area contributed by atoms with Gasteiger partial charge in [0.05, 0.1) is 6.61 Å². The van der Waals surface area contributed by atoms with Crippen molar-refractivity contribution in [1.82, 2.24) is 4.90 Å². The second-order valence-corrected chi connectivity index (χ2v) is 5.29. The van der Waals surface area contributed by atoms with Crippen LogP contribution in [0.25, 0.3) is 0 Å². The topological polar surface area (TPSA) is 38.5 Å². The lowest BCUT2D eigenvalue weighted by molar-refractivity contribution is 0.0154. The molecule has 1 aromatic carbocycles. The summed E-state index contributed by atoms with van der Waals surface area (Å²) in [6, 6.07) is 7.17. The zero-order valence-corrected chi connectivity index (χ0v) is 11.5. The van der Waals surface area contributed by atoms with Crippen molar-refractivity contribution in [3.05, 3.63) is 35.6 Å². The molecule has 1 aromatic rings. The van der Waals surface area contributed by atoms with E-state index < -0.39 is 0 Å².